The number of carbonyl (C=O) groups is 4. The van der Waals surface area contributed by atoms with E-state index in [9.17, 15) is 28.6 Å². The second kappa shape index (κ2) is 36.2. The van der Waals surface area contributed by atoms with E-state index in [0.29, 0.717) is 31.1 Å². The van der Waals surface area contributed by atoms with Crippen molar-refractivity contribution < 1.29 is 52.9 Å². The van der Waals surface area contributed by atoms with Gasteiger partial charge in [-0.1, -0.05) is 122 Å². The molecule has 354 valence electrons. The molecule has 2 heterocycles. The number of unbranched alkanes of at least 4 members (excludes halogenated alkanes) is 20. The molecule has 14 nitrogen and oxygen atoms in total. The molecule has 5 atom stereocenters. The molecule has 2 saturated heterocycles. The standard InChI is InChI=1S/C45H83N4O10PS/c1-2-3-4-5-6-7-8-9-10-11-12-14-17-20-23-30-42(51)56-35-38(36-58-60(54,55)57-34-32-46)59-43(52)31-24-21-18-15-13-16-19-22-27-33-47-41(50)29-26-25-28-40-44-39(37-61-40)48-45(53)49-44/h9-10,38-40,44H,2-8,11-37,46H2,1H3,(H,47,50)(H,54,55)(H2,48,49,53)/b10-9+. The van der Waals surface area contributed by atoms with Crippen LogP contribution < -0.4 is 26.6 Å². The number of allylic oxidation sites excluding steroid dienone is 2. The molecule has 2 aliphatic heterocycles. The molecule has 0 aromatic rings. The summed E-state index contributed by atoms with van der Waals surface area (Å²) in [5.41, 5.74) is 3.55. The van der Waals surface area contributed by atoms with Crippen LogP contribution in [0, 0.1) is 0 Å². The fraction of sp³-hybridized carbons (Fsp3) is 0.867. The maximum atomic E-state index is 12.6. The molecule has 0 radical (unpaired) electrons. The molecule has 0 spiro atoms. The van der Waals surface area contributed by atoms with Gasteiger partial charge in [0.1, 0.15) is 13.2 Å². The van der Waals surface area contributed by atoms with E-state index in [4.69, 9.17) is 18.5 Å². The summed E-state index contributed by atoms with van der Waals surface area (Å²) in [4.78, 5) is 60.9. The van der Waals surface area contributed by atoms with Gasteiger partial charge in [-0.2, -0.15) is 11.8 Å². The van der Waals surface area contributed by atoms with E-state index >= 15 is 0 Å². The molecule has 0 aromatic carbocycles. The van der Waals surface area contributed by atoms with Crippen LogP contribution >= 0.6 is 19.6 Å². The van der Waals surface area contributed by atoms with Gasteiger partial charge < -0.3 is 45.1 Å². The van der Waals surface area contributed by atoms with Crippen LogP contribution in [-0.2, 0) is 37.5 Å². The molecular weight excluding hydrogens is 820 g/mol. The van der Waals surface area contributed by atoms with Crippen molar-refractivity contribution in [2.24, 2.45) is 0 Å². The number of amides is 3. The van der Waals surface area contributed by atoms with Crippen molar-refractivity contribution >= 4 is 43.5 Å². The van der Waals surface area contributed by atoms with E-state index in [1.165, 1.54) is 44.9 Å². The summed E-state index contributed by atoms with van der Waals surface area (Å²) < 4.78 is 32.6. The Hall–Kier alpha value is -2.16. The molecule has 61 heavy (non-hydrogen) atoms. The van der Waals surface area contributed by atoms with E-state index in [2.05, 4.69) is 40.8 Å². The first kappa shape index (κ1) is 55.0. The largest absolute Gasteiger partial charge is 0.756 e. The number of nitrogens with one attached hydrogen (secondary N) is 3. The monoisotopic (exact) mass is 903 g/mol. The Balaban J connectivity index is 1.47. The fourth-order valence-electron chi connectivity index (χ4n) is 7.57. The quantitative estimate of drug-likeness (QED) is 0.0152. The Labute approximate surface area is 372 Å². The summed E-state index contributed by atoms with van der Waals surface area (Å²) >= 11 is 1.91. The van der Waals surface area contributed by atoms with Crippen LogP contribution in [0.5, 0.6) is 0 Å². The average molecular weight is 903 g/mol. The third kappa shape index (κ3) is 29.8. The summed E-state index contributed by atoms with van der Waals surface area (Å²) in [5, 5.41) is 9.46. The normalized spacial score (nSPS) is 18.7. The SMILES string of the molecule is CCCCCCCC/C=C/CCCCCCCC(=O)OCC(COP(=O)([O-])OCC[NH3+])OC(=O)CCCCCCCCCCCNC(=O)CCCCC1SCC2NC(=O)NC21. The number of quaternary nitrogens is 1. The lowest BCUT2D eigenvalue weighted by atomic mass is 10.0. The van der Waals surface area contributed by atoms with Crippen LogP contribution in [0.15, 0.2) is 12.2 Å². The predicted octanol–water partition coefficient (Wildman–Crippen LogP) is 7.97. The van der Waals surface area contributed by atoms with Gasteiger partial charge in [0, 0.05) is 36.8 Å². The van der Waals surface area contributed by atoms with Gasteiger partial charge in [0.25, 0.3) is 7.82 Å². The topological polar surface area (TPSA) is 209 Å². The highest BCUT2D eigenvalue weighted by atomic mass is 32.2. The second-order valence-corrected chi connectivity index (χ2v) is 19.4. The first-order valence-corrected chi connectivity index (χ1v) is 26.5. The smallest absolute Gasteiger partial charge is 0.315 e. The fourth-order valence-corrected chi connectivity index (χ4v) is 9.89. The number of phosphoric ester groups is 1. The van der Waals surface area contributed by atoms with E-state index < -0.39 is 32.5 Å². The molecule has 16 heteroatoms. The Morgan fingerprint density at radius 3 is 1.98 bits per heavy atom. The molecule has 0 aromatic heterocycles. The number of esters is 2. The number of fused-ring (bicyclic) bond motifs is 1. The lowest BCUT2D eigenvalue weighted by molar-refractivity contribution is -0.373. The third-order valence-corrected chi connectivity index (χ3v) is 13.6. The lowest BCUT2D eigenvalue weighted by Crippen LogP contribution is -2.52. The van der Waals surface area contributed by atoms with E-state index in [0.717, 1.165) is 108 Å². The molecule has 6 N–H and O–H groups in total. The number of rotatable bonds is 41. The summed E-state index contributed by atoms with van der Waals surface area (Å²) in [6.07, 6.45) is 31.5. The van der Waals surface area contributed by atoms with Crippen molar-refractivity contribution in [1.82, 2.24) is 16.0 Å². The maximum Gasteiger partial charge on any atom is 0.315 e. The molecule has 5 unspecified atom stereocenters. The second-order valence-electron chi connectivity index (χ2n) is 16.7. The predicted molar refractivity (Wildman–Crippen MR) is 241 cm³/mol. The van der Waals surface area contributed by atoms with Crippen molar-refractivity contribution in [3.63, 3.8) is 0 Å². The van der Waals surface area contributed by atoms with Crippen LogP contribution in [-0.4, -0.2) is 86.0 Å². The highest BCUT2D eigenvalue weighted by molar-refractivity contribution is 8.00. The molecule has 2 aliphatic rings. The Bertz CT molecular complexity index is 1260. The lowest BCUT2D eigenvalue weighted by Gasteiger charge is -2.25. The zero-order valence-electron chi connectivity index (χ0n) is 37.7. The zero-order valence-corrected chi connectivity index (χ0v) is 39.4. The molecule has 2 rings (SSSR count). The molecule has 3 amide bonds. The van der Waals surface area contributed by atoms with Gasteiger partial charge in [-0.15, -0.1) is 0 Å². The van der Waals surface area contributed by atoms with Gasteiger partial charge in [0.05, 0.1) is 25.2 Å². The molecule has 0 aliphatic carbocycles. The average Bonchev–Trinajstić information content (AvgIpc) is 3.80. The summed E-state index contributed by atoms with van der Waals surface area (Å²) in [7, 11) is -4.62. The molecule has 0 bridgehead atoms. The van der Waals surface area contributed by atoms with Crippen LogP contribution in [0.25, 0.3) is 0 Å². The highest BCUT2D eigenvalue weighted by Crippen LogP contribution is 2.38. The van der Waals surface area contributed by atoms with Gasteiger partial charge in [0.2, 0.25) is 5.91 Å². The van der Waals surface area contributed by atoms with E-state index in [1.807, 2.05) is 11.8 Å². The number of hydrogen-bond donors (Lipinski definition) is 4. The van der Waals surface area contributed by atoms with Crippen LogP contribution in [0.1, 0.15) is 187 Å². The summed E-state index contributed by atoms with van der Waals surface area (Å²) in [6, 6.07) is 0.404. The zero-order chi connectivity index (χ0) is 44.2. The van der Waals surface area contributed by atoms with Crippen molar-refractivity contribution in [2.45, 2.75) is 210 Å². The maximum absolute atomic E-state index is 12.6. The first-order valence-electron chi connectivity index (χ1n) is 24.0. The summed E-state index contributed by atoms with van der Waals surface area (Å²) in [6.45, 7) is 2.28. The highest BCUT2D eigenvalue weighted by Gasteiger charge is 2.42. The van der Waals surface area contributed by atoms with E-state index in [-0.39, 0.29) is 56.6 Å². The van der Waals surface area contributed by atoms with Crippen LogP contribution in [0.4, 0.5) is 4.79 Å². The van der Waals surface area contributed by atoms with Gasteiger partial charge in [0.15, 0.2) is 6.10 Å². The number of hydrogen-bond acceptors (Lipinski definition) is 11. The number of thioether (sulfide) groups is 1. The minimum absolute atomic E-state index is 0.0601. The van der Waals surface area contributed by atoms with Gasteiger partial charge >= 0.3 is 18.0 Å². The van der Waals surface area contributed by atoms with Gasteiger partial charge in [-0.05, 0) is 57.8 Å². The molecule has 2 fully saturated rings. The van der Waals surface area contributed by atoms with Crippen molar-refractivity contribution in [3.05, 3.63) is 12.2 Å². The molecular formula is C45H83N4O10PS. The Kier molecular flexibility index (Phi) is 32.6. The Morgan fingerprint density at radius 1 is 0.770 bits per heavy atom. The minimum atomic E-state index is -4.62. The van der Waals surface area contributed by atoms with Crippen LogP contribution in [0.3, 0.4) is 0 Å². The number of carbonyl (C=O) groups excluding carboxylic acids is 4. The van der Waals surface area contributed by atoms with Crippen molar-refractivity contribution in [3.8, 4) is 0 Å². The van der Waals surface area contributed by atoms with Gasteiger partial charge in [-0.3, -0.25) is 18.9 Å². The van der Waals surface area contributed by atoms with Crippen molar-refractivity contribution in [2.75, 3.05) is 38.7 Å². The number of phosphoric acid groups is 1. The van der Waals surface area contributed by atoms with E-state index in [1.54, 1.807) is 0 Å². The van der Waals surface area contributed by atoms with Crippen molar-refractivity contribution in [1.29, 1.82) is 0 Å². The summed E-state index contributed by atoms with van der Waals surface area (Å²) in [5.74, 6) is 0.166. The third-order valence-electron chi connectivity index (χ3n) is 11.1. The number of urea groups is 1. The minimum Gasteiger partial charge on any atom is -0.756 e. The molecule has 0 saturated carbocycles. The van der Waals surface area contributed by atoms with Gasteiger partial charge in [-0.25, -0.2) is 4.79 Å². The first-order chi connectivity index (χ1) is 29.6. The van der Waals surface area contributed by atoms with Crippen LogP contribution in [0.2, 0.25) is 0 Å². The number of ether oxygens (including phenoxy) is 2. The Morgan fingerprint density at radius 2 is 1.34 bits per heavy atom.